The number of benzene rings is 1. The summed E-state index contributed by atoms with van der Waals surface area (Å²) in [5.74, 6) is 0.614. The van der Waals surface area contributed by atoms with E-state index in [9.17, 15) is 4.79 Å². The van der Waals surface area contributed by atoms with Gasteiger partial charge >= 0.3 is 0 Å². The molecule has 17 heavy (non-hydrogen) atoms. The van der Waals surface area contributed by atoms with Crippen LogP contribution in [0, 0.1) is 5.92 Å². The summed E-state index contributed by atoms with van der Waals surface area (Å²) in [6.45, 7) is 2.05. The third-order valence-electron chi connectivity index (χ3n) is 3.06. The lowest BCUT2D eigenvalue weighted by Gasteiger charge is -2.21. The fourth-order valence-corrected chi connectivity index (χ4v) is 2.22. The third-order valence-corrected chi connectivity index (χ3v) is 3.31. The number of halogens is 1. The molecule has 1 aromatic rings. The predicted octanol–water partition coefficient (Wildman–Crippen LogP) is 2.67. The summed E-state index contributed by atoms with van der Waals surface area (Å²) < 4.78 is 0. The van der Waals surface area contributed by atoms with Crippen molar-refractivity contribution in [2.45, 2.75) is 19.3 Å². The fourth-order valence-electron chi connectivity index (χ4n) is 2.09. The lowest BCUT2D eigenvalue weighted by atomic mass is 9.94. The zero-order valence-electron chi connectivity index (χ0n) is 9.71. The van der Waals surface area contributed by atoms with Crippen molar-refractivity contribution in [1.29, 1.82) is 0 Å². The van der Waals surface area contributed by atoms with E-state index in [0.29, 0.717) is 17.4 Å². The van der Waals surface area contributed by atoms with Gasteiger partial charge in [-0.15, -0.1) is 0 Å². The van der Waals surface area contributed by atoms with Gasteiger partial charge in [0.05, 0.1) is 0 Å². The molecule has 1 heterocycles. The zero-order valence-corrected chi connectivity index (χ0v) is 10.5. The van der Waals surface area contributed by atoms with E-state index in [2.05, 4.69) is 10.6 Å². The summed E-state index contributed by atoms with van der Waals surface area (Å²) in [5.41, 5.74) is 0.813. The molecule has 2 N–H and O–H groups in total. The predicted molar refractivity (Wildman–Crippen MR) is 70.3 cm³/mol. The quantitative estimate of drug-likeness (QED) is 0.869. The number of piperidine rings is 1. The van der Waals surface area contributed by atoms with Crippen LogP contribution in [0.4, 0.5) is 5.69 Å². The highest BCUT2D eigenvalue weighted by Gasteiger charge is 2.16. The fraction of sp³-hybridized carbons (Fsp3) is 0.462. The summed E-state index contributed by atoms with van der Waals surface area (Å²) in [5, 5.41) is 6.88. The Hall–Kier alpha value is -1.06. The number of anilines is 1. The molecule has 4 heteroatoms. The van der Waals surface area contributed by atoms with Crippen molar-refractivity contribution < 1.29 is 4.79 Å². The monoisotopic (exact) mass is 252 g/mol. The molecule has 0 saturated carbocycles. The van der Waals surface area contributed by atoms with Crippen molar-refractivity contribution >= 4 is 23.2 Å². The van der Waals surface area contributed by atoms with E-state index >= 15 is 0 Å². The standard InChI is InChI=1S/C13H17ClN2O/c14-11-1-3-12(4-2-11)16-13(17)9-10-5-7-15-8-6-10/h1-4,10,15H,5-9H2,(H,16,17). The van der Waals surface area contributed by atoms with Crippen LogP contribution >= 0.6 is 11.6 Å². The number of carbonyl (C=O) groups is 1. The Labute approximate surface area is 107 Å². The highest BCUT2D eigenvalue weighted by atomic mass is 35.5. The van der Waals surface area contributed by atoms with Gasteiger partial charge in [0.15, 0.2) is 0 Å². The first-order valence-electron chi connectivity index (χ1n) is 6.00. The van der Waals surface area contributed by atoms with Crippen LogP contribution in [0.15, 0.2) is 24.3 Å². The number of amides is 1. The molecule has 0 bridgehead atoms. The maximum absolute atomic E-state index is 11.8. The highest BCUT2D eigenvalue weighted by molar-refractivity contribution is 6.30. The lowest BCUT2D eigenvalue weighted by molar-refractivity contribution is -0.117. The second-order valence-corrected chi connectivity index (χ2v) is 4.89. The van der Waals surface area contributed by atoms with Crippen LogP contribution in [0.5, 0.6) is 0 Å². The summed E-state index contributed by atoms with van der Waals surface area (Å²) in [7, 11) is 0. The van der Waals surface area contributed by atoms with Crippen LogP contribution in [-0.4, -0.2) is 19.0 Å². The molecule has 1 aliphatic heterocycles. The molecule has 0 spiro atoms. The number of carbonyl (C=O) groups excluding carboxylic acids is 1. The summed E-state index contributed by atoms with van der Waals surface area (Å²) in [6, 6.07) is 7.20. The number of hydrogen-bond donors (Lipinski definition) is 2. The molecule has 1 fully saturated rings. The molecule has 1 aliphatic rings. The number of nitrogens with one attached hydrogen (secondary N) is 2. The molecule has 0 radical (unpaired) electrons. The van der Waals surface area contributed by atoms with Crippen molar-refractivity contribution in [1.82, 2.24) is 5.32 Å². The maximum Gasteiger partial charge on any atom is 0.224 e. The van der Waals surface area contributed by atoms with Crippen LogP contribution in [0.25, 0.3) is 0 Å². The Morgan fingerprint density at radius 2 is 1.94 bits per heavy atom. The van der Waals surface area contributed by atoms with Gasteiger partial charge in [-0.2, -0.15) is 0 Å². The Bertz CT molecular complexity index is 372. The minimum absolute atomic E-state index is 0.0965. The summed E-state index contributed by atoms with van der Waals surface area (Å²) >= 11 is 5.78. The molecule has 3 nitrogen and oxygen atoms in total. The number of rotatable bonds is 3. The summed E-state index contributed by atoms with van der Waals surface area (Å²) in [4.78, 5) is 11.8. The third kappa shape index (κ3) is 4.02. The first-order valence-corrected chi connectivity index (χ1v) is 6.38. The molecule has 92 valence electrons. The molecule has 0 atom stereocenters. The van der Waals surface area contributed by atoms with Gasteiger partial charge < -0.3 is 10.6 Å². The van der Waals surface area contributed by atoms with E-state index in [0.717, 1.165) is 31.6 Å². The van der Waals surface area contributed by atoms with Crippen molar-refractivity contribution in [3.63, 3.8) is 0 Å². The highest BCUT2D eigenvalue weighted by Crippen LogP contribution is 2.18. The Balaban J connectivity index is 1.82. The van der Waals surface area contributed by atoms with Crippen molar-refractivity contribution in [3.05, 3.63) is 29.3 Å². The molecule has 0 aromatic heterocycles. The minimum atomic E-state index is 0.0965. The van der Waals surface area contributed by atoms with Crippen molar-refractivity contribution in [2.75, 3.05) is 18.4 Å². The normalized spacial score (nSPS) is 16.8. The van der Waals surface area contributed by atoms with Gasteiger partial charge in [0.1, 0.15) is 0 Å². The molecular weight excluding hydrogens is 236 g/mol. The van der Waals surface area contributed by atoms with Crippen molar-refractivity contribution in [2.24, 2.45) is 5.92 Å². The average molecular weight is 253 g/mol. The number of hydrogen-bond acceptors (Lipinski definition) is 2. The average Bonchev–Trinajstić information content (AvgIpc) is 2.33. The van der Waals surface area contributed by atoms with Gasteiger partial charge in [-0.3, -0.25) is 4.79 Å². The molecule has 1 amide bonds. The molecule has 0 unspecified atom stereocenters. The molecular formula is C13H17ClN2O. The van der Waals surface area contributed by atoms with Gasteiger partial charge in [0.25, 0.3) is 0 Å². The second-order valence-electron chi connectivity index (χ2n) is 4.45. The van der Waals surface area contributed by atoms with E-state index in [1.165, 1.54) is 0 Å². The molecule has 1 saturated heterocycles. The Morgan fingerprint density at radius 1 is 1.29 bits per heavy atom. The zero-order chi connectivity index (χ0) is 12.1. The molecule has 0 aliphatic carbocycles. The van der Waals surface area contributed by atoms with E-state index in [1.54, 1.807) is 12.1 Å². The Kier molecular flexibility index (Phi) is 4.40. The van der Waals surface area contributed by atoms with Crippen LogP contribution in [-0.2, 0) is 4.79 Å². The van der Waals surface area contributed by atoms with Crippen LogP contribution in [0.3, 0.4) is 0 Å². The molecule has 1 aromatic carbocycles. The first-order chi connectivity index (χ1) is 8.24. The van der Waals surface area contributed by atoms with Gasteiger partial charge in [-0.25, -0.2) is 0 Å². The van der Waals surface area contributed by atoms with Crippen LogP contribution < -0.4 is 10.6 Å². The summed E-state index contributed by atoms with van der Waals surface area (Å²) in [6.07, 6.45) is 2.80. The Morgan fingerprint density at radius 3 is 2.59 bits per heavy atom. The SMILES string of the molecule is O=C(CC1CCNCC1)Nc1ccc(Cl)cc1. The van der Waals surface area contributed by atoms with Gasteiger partial charge in [0.2, 0.25) is 5.91 Å². The largest absolute Gasteiger partial charge is 0.326 e. The first kappa shape index (κ1) is 12.4. The van der Waals surface area contributed by atoms with E-state index in [4.69, 9.17) is 11.6 Å². The van der Waals surface area contributed by atoms with Gasteiger partial charge in [-0.1, -0.05) is 11.6 Å². The van der Waals surface area contributed by atoms with E-state index in [1.807, 2.05) is 12.1 Å². The van der Waals surface area contributed by atoms with E-state index in [-0.39, 0.29) is 5.91 Å². The minimum Gasteiger partial charge on any atom is -0.326 e. The second kappa shape index (κ2) is 6.03. The maximum atomic E-state index is 11.8. The van der Waals surface area contributed by atoms with Crippen LogP contribution in [0.2, 0.25) is 5.02 Å². The van der Waals surface area contributed by atoms with Gasteiger partial charge in [-0.05, 0) is 56.1 Å². The van der Waals surface area contributed by atoms with Crippen molar-refractivity contribution in [3.8, 4) is 0 Å². The smallest absolute Gasteiger partial charge is 0.224 e. The van der Waals surface area contributed by atoms with Gasteiger partial charge in [0, 0.05) is 17.1 Å². The van der Waals surface area contributed by atoms with Crippen LogP contribution in [0.1, 0.15) is 19.3 Å². The van der Waals surface area contributed by atoms with E-state index < -0.39 is 0 Å². The molecule has 2 rings (SSSR count). The topological polar surface area (TPSA) is 41.1 Å². The lowest BCUT2D eigenvalue weighted by Crippen LogP contribution is -2.30.